The molecule has 0 aromatic heterocycles. The molecule has 75 heavy (non-hydrogen) atoms. The second kappa shape index (κ2) is 31.1. The summed E-state index contributed by atoms with van der Waals surface area (Å²) in [4.78, 5) is 25.1. The molecule has 3 aliphatic rings. The molecule has 3 radical (unpaired) electrons. The molecule has 0 bridgehead atoms. The molecular formula is C66H89BN6NaO. The van der Waals surface area contributed by atoms with Crippen molar-refractivity contribution in [3.8, 4) is 0 Å². The average molecular weight is 1020 g/mol. The summed E-state index contributed by atoms with van der Waals surface area (Å²) in [6.07, 6.45) is 7.65. The molecule has 0 saturated carbocycles. The van der Waals surface area contributed by atoms with E-state index < -0.39 is 0 Å². The fourth-order valence-electron chi connectivity index (χ4n) is 10.6. The van der Waals surface area contributed by atoms with Gasteiger partial charge in [-0.1, -0.05) is 182 Å². The van der Waals surface area contributed by atoms with Gasteiger partial charge < -0.3 is 12.5 Å². The van der Waals surface area contributed by atoms with Gasteiger partial charge >= 0.3 is 29.6 Å². The summed E-state index contributed by atoms with van der Waals surface area (Å²) in [5.74, 6) is 0.231. The maximum atomic E-state index is 12.4. The van der Waals surface area contributed by atoms with E-state index in [0.29, 0.717) is 12.1 Å². The van der Waals surface area contributed by atoms with Crippen LogP contribution in [0.3, 0.4) is 0 Å². The summed E-state index contributed by atoms with van der Waals surface area (Å²) in [5.41, 5.74) is 13.7. The zero-order chi connectivity index (χ0) is 52.3. The molecule has 0 amide bonds. The Bertz CT molecular complexity index is 2520. The molecule has 3 aliphatic heterocycles. The third-order valence-corrected chi connectivity index (χ3v) is 15.4. The molecule has 3 N–H and O–H groups in total. The number of nitrogens with zero attached hydrogens (tertiary/aromatic N) is 4. The van der Waals surface area contributed by atoms with E-state index in [1.54, 1.807) is 0 Å². The number of likely N-dealkylation sites (tertiary alicyclic amines) is 3. The summed E-state index contributed by atoms with van der Waals surface area (Å²) in [6.45, 7) is 26.8. The first-order valence-corrected chi connectivity index (χ1v) is 27.3. The Morgan fingerprint density at radius 2 is 0.813 bits per heavy atom. The molecule has 0 unspecified atom stereocenters. The van der Waals surface area contributed by atoms with Gasteiger partial charge in [-0.15, -0.1) is 0 Å². The number of carbonyl (C=O) groups is 1. The normalized spacial score (nSPS) is 17.0. The van der Waals surface area contributed by atoms with Crippen LogP contribution in [0.15, 0.2) is 187 Å². The molecular weight excluding hydrogens is 927 g/mol. The smallest absolute Gasteiger partial charge is 1.00 e. The second-order valence-corrected chi connectivity index (χ2v) is 21.8. The van der Waals surface area contributed by atoms with Gasteiger partial charge in [0.15, 0.2) is 5.78 Å². The van der Waals surface area contributed by atoms with Crippen molar-refractivity contribution >= 4 is 19.9 Å². The molecule has 3 saturated heterocycles. The first-order valence-electron chi connectivity index (χ1n) is 27.3. The van der Waals surface area contributed by atoms with Crippen LogP contribution in [0.1, 0.15) is 165 Å². The number of nitrogens with one attached hydrogen (secondary N) is 1. The van der Waals surface area contributed by atoms with Gasteiger partial charge in [-0.25, -0.2) is 0 Å². The molecule has 0 aliphatic carbocycles. The first-order chi connectivity index (χ1) is 35.1. The molecule has 9 heteroatoms. The van der Waals surface area contributed by atoms with E-state index in [4.69, 9.17) is 10.7 Å². The Morgan fingerprint density at radius 3 is 1.21 bits per heavy atom. The summed E-state index contributed by atoms with van der Waals surface area (Å²) in [5, 5.41) is 3.93. The topological polar surface area (TPSA) is 77.2 Å². The van der Waals surface area contributed by atoms with Gasteiger partial charge in [0, 0.05) is 31.6 Å². The van der Waals surface area contributed by atoms with Crippen LogP contribution < -0.4 is 40.6 Å². The van der Waals surface area contributed by atoms with Crippen LogP contribution in [0.5, 0.6) is 0 Å². The third-order valence-electron chi connectivity index (χ3n) is 15.4. The maximum absolute atomic E-state index is 12.4. The Kier molecular flexibility index (Phi) is 26.1. The largest absolute Gasteiger partial charge is 1.00 e. The van der Waals surface area contributed by atoms with E-state index >= 15 is 0 Å². The molecule has 3 heterocycles. The number of Topliss-reactive ketones (excluding diaryl/α,β-unsaturated/α-hetero) is 1. The van der Waals surface area contributed by atoms with Gasteiger partial charge in [-0.05, 0) is 168 Å². The summed E-state index contributed by atoms with van der Waals surface area (Å²) in [6, 6.07) is 63.5. The van der Waals surface area contributed by atoms with Crippen molar-refractivity contribution in [2.75, 3.05) is 39.3 Å². The maximum Gasteiger partial charge on any atom is 1.00 e. The van der Waals surface area contributed by atoms with Gasteiger partial charge in [0.25, 0.3) is 0 Å². The van der Waals surface area contributed by atoms with Crippen molar-refractivity contribution in [2.24, 2.45) is 10.7 Å². The average Bonchev–Trinajstić information content (AvgIpc) is 4.28. The number of hydrogen-bond donors (Lipinski definition) is 2. The van der Waals surface area contributed by atoms with E-state index in [1.165, 1.54) is 98.2 Å². The Morgan fingerprint density at radius 1 is 0.480 bits per heavy atom. The van der Waals surface area contributed by atoms with Crippen molar-refractivity contribution < 1.29 is 35.8 Å². The number of benzene rings is 6. The minimum Gasteiger partial charge on any atom is -1.00 e. The van der Waals surface area contributed by atoms with Gasteiger partial charge in [-0.2, -0.15) is 0 Å². The molecule has 0 spiro atoms. The Balaban J connectivity index is 0.000000276. The Hall–Kier alpha value is -4.48. The van der Waals surface area contributed by atoms with Crippen LogP contribution >= 0.6 is 0 Å². The van der Waals surface area contributed by atoms with E-state index in [2.05, 4.69) is 183 Å². The number of nitrogens with two attached hydrogens (primary N) is 1. The van der Waals surface area contributed by atoms with Crippen LogP contribution in [0, 0.1) is 0 Å². The zero-order valence-corrected chi connectivity index (χ0v) is 49.5. The minimum atomic E-state index is -0.363. The van der Waals surface area contributed by atoms with Crippen molar-refractivity contribution in [1.29, 1.82) is 0 Å². The van der Waals surface area contributed by atoms with Crippen molar-refractivity contribution in [2.45, 2.75) is 142 Å². The van der Waals surface area contributed by atoms with Crippen molar-refractivity contribution in [1.82, 2.24) is 20.0 Å². The van der Waals surface area contributed by atoms with Crippen molar-refractivity contribution in [3.05, 3.63) is 215 Å². The second-order valence-electron chi connectivity index (χ2n) is 21.8. The third kappa shape index (κ3) is 18.0. The molecule has 4 atom stereocenters. The van der Waals surface area contributed by atoms with Crippen LogP contribution in [0.25, 0.3) is 0 Å². The van der Waals surface area contributed by atoms with Gasteiger partial charge in [0.05, 0.1) is 28.9 Å². The fraction of sp³-hybridized carbons (Fsp3) is 0.424. The molecule has 3 fully saturated rings. The predicted octanol–water partition coefficient (Wildman–Crippen LogP) is 11.2. The van der Waals surface area contributed by atoms with Crippen LogP contribution in [0.4, 0.5) is 0 Å². The van der Waals surface area contributed by atoms with Crippen LogP contribution in [-0.4, -0.2) is 90.5 Å². The van der Waals surface area contributed by atoms with Crippen LogP contribution in [-0.2, 0) is 0 Å². The monoisotopic (exact) mass is 1020 g/mol. The quantitative estimate of drug-likeness (QED) is 0.0606. The number of rotatable bonds is 15. The van der Waals surface area contributed by atoms with E-state index in [9.17, 15) is 4.79 Å². The first kappa shape index (κ1) is 63.1. The molecule has 6 aromatic carbocycles. The SMILES string of the molecule is CC(C)(C(=O)c1ccccc1)N1CCCC1.C[C@@H](N)c1ccccc1.C[C@@H](N=C(c1ccccc1)C(C)(C)N1CCCC1)c1ccccc1.C[C@@H](N[C@H](c1ccccc1)C(C)(C)N1CCCC1)c1ccccc1.[B].[H-].[Na+]. The van der Waals surface area contributed by atoms with Crippen LogP contribution in [0.2, 0.25) is 0 Å². The van der Waals surface area contributed by atoms with E-state index in [0.717, 1.165) is 18.7 Å². The van der Waals surface area contributed by atoms with Gasteiger partial charge in [-0.3, -0.25) is 24.5 Å². The van der Waals surface area contributed by atoms with E-state index in [-0.39, 0.29) is 73.9 Å². The van der Waals surface area contributed by atoms with Gasteiger partial charge in [0.2, 0.25) is 0 Å². The number of carbonyl (C=O) groups excluding carboxylic acids is 1. The predicted molar refractivity (Wildman–Crippen MR) is 316 cm³/mol. The summed E-state index contributed by atoms with van der Waals surface area (Å²) >= 11 is 0. The number of aliphatic imine (C=N–C) groups is 1. The molecule has 9 rings (SSSR count). The zero-order valence-electron chi connectivity index (χ0n) is 48.5. The molecule has 7 nitrogen and oxygen atoms in total. The number of ketones is 1. The summed E-state index contributed by atoms with van der Waals surface area (Å²) < 4.78 is 0. The number of hydrogen-bond acceptors (Lipinski definition) is 7. The van der Waals surface area contributed by atoms with Gasteiger partial charge in [0.1, 0.15) is 0 Å². The van der Waals surface area contributed by atoms with Crippen molar-refractivity contribution in [3.63, 3.8) is 0 Å². The molecule has 6 aromatic rings. The van der Waals surface area contributed by atoms with E-state index in [1.807, 2.05) is 81.4 Å². The fourth-order valence-corrected chi connectivity index (χ4v) is 10.6. The molecule has 393 valence electrons. The standard InChI is InChI=1S/C22H30N2.C22H28N2.C14H19NO.C8H11N.B.Na.H/c2*1-18(19-12-6-4-7-13-19)23-21(20-14-8-5-9-15-20)22(2,3)24-16-10-11-17-24;1-14(2,15-10-6-7-11-15)13(16)12-8-4-3-5-9-12;1-7(9)8-5-3-2-4-6-8;;;/h4-9,12-15,18,21,23H,10-11,16-17H2,1-3H3;4-9,12-15,18H,10-11,16-17H2,1-3H3;3-5,8-9H,6-7,10-11H2,1-2H3;2-7H,9H2,1H3;;;/q;;;;;+1;-1/t18-,21-;18-;;7-;;;/m11.1.../s1. The summed E-state index contributed by atoms with van der Waals surface area (Å²) in [7, 11) is 0. The Labute approximate surface area is 479 Å². The minimum absolute atomic E-state index is 0.